The summed E-state index contributed by atoms with van der Waals surface area (Å²) in [6, 6.07) is 5.48. The minimum Gasteiger partial charge on any atom is -0.344 e. The van der Waals surface area contributed by atoms with Gasteiger partial charge in [0.1, 0.15) is 18.4 Å². The van der Waals surface area contributed by atoms with E-state index in [0.717, 1.165) is 30.9 Å². The van der Waals surface area contributed by atoms with Gasteiger partial charge in [0.2, 0.25) is 5.91 Å². The highest BCUT2D eigenvalue weighted by Crippen LogP contribution is 2.26. The SMILES string of the molecule is CN(CC#N)C(=O)[C@@H]1CCCN1c1ccnc2ccnn12. The van der Waals surface area contributed by atoms with E-state index < -0.39 is 0 Å². The minimum atomic E-state index is -0.238. The average molecular weight is 284 g/mol. The van der Waals surface area contributed by atoms with E-state index in [9.17, 15) is 4.79 Å². The number of carbonyl (C=O) groups is 1. The molecule has 1 aliphatic heterocycles. The van der Waals surface area contributed by atoms with Crippen LogP contribution in [0.3, 0.4) is 0 Å². The smallest absolute Gasteiger partial charge is 0.245 e. The van der Waals surface area contributed by atoms with E-state index in [1.165, 1.54) is 4.90 Å². The number of aromatic nitrogens is 3. The van der Waals surface area contributed by atoms with Crippen molar-refractivity contribution in [1.29, 1.82) is 5.26 Å². The van der Waals surface area contributed by atoms with Crippen molar-refractivity contribution in [2.75, 3.05) is 25.0 Å². The summed E-state index contributed by atoms with van der Waals surface area (Å²) in [5.41, 5.74) is 0.760. The van der Waals surface area contributed by atoms with Crippen molar-refractivity contribution in [1.82, 2.24) is 19.5 Å². The van der Waals surface area contributed by atoms with Crippen LogP contribution in [-0.4, -0.2) is 51.6 Å². The topological polar surface area (TPSA) is 77.5 Å². The molecule has 108 valence electrons. The molecule has 3 rings (SSSR count). The van der Waals surface area contributed by atoms with E-state index in [-0.39, 0.29) is 18.5 Å². The molecule has 0 N–H and O–H groups in total. The Balaban J connectivity index is 1.92. The van der Waals surface area contributed by atoms with E-state index in [1.54, 1.807) is 24.0 Å². The molecule has 0 aromatic carbocycles. The summed E-state index contributed by atoms with van der Waals surface area (Å²) in [6.45, 7) is 0.909. The Labute approximate surface area is 122 Å². The Morgan fingerprint density at radius 3 is 3.19 bits per heavy atom. The van der Waals surface area contributed by atoms with Crippen LogP contribution < -0.4 is 4.90 Å². The fourth-order valence-corrected chi connectivity index (χ4v) is 2.78. The Morgan fingerprint density at radius 1 is 1.52 bits per heavy atom. The predicted molar refractivity (Wildman–Crippen MR) is 76.6 cm³/mol. The van der Waals surface area contributed by atoms with Crippen molar-refractivity contribution in [3.63, 3.8) is 0 Å². The Kier molecular flexibility index (Phi) is 3.44. The van der Waals surface area contributed by atoms with E-state index in [1.807, 2.05) is 18.2 Å². The van der Waals surface area contributed by atoms with E-state index in [0.29, 0.717) is 0 Å². The number of fused-ring (bicyclic) bond motifs is 1. The molecular formula is C14H16N6O. The number of nitriles is 1. The molecule has 0 aliphatic carbocycles. The lowest BCUT2D eigenvalue weighted by Crippen LogP contribution is -2.45. The molecule has 0 unspecified atom stereocenters. The Bertz CT molecular complexity index is 703. The normalized spacial score (nSPS) is 17.9. The lowest BCUT2D eigenvalue weighted by atomic mass is 10.2. The van der Waals surface area contributed by atoms with Crippen molar-refractivity contribution < 1.29 is 4.79 Å². The molecule has 1 amide bonds. The van der Waals surface area contributed by atoms with Gasteiger partial charge in [0, 0.05) is 25.9 Å². The zero-order chi connectivity index (χ0) is 14.8. The highest BCUT2D eigenvalue weighted by molar-refractivity contribution is 5.85. The van der Waals surface area contributed by atoms with Crippen molar-refractivity contribution in [3.8, 4) is 6.07 Å². The number of anilines is 1. The molecule has 0 radical (unpaired) electrons. The molecule has 7 nitrogen and oxygen atoms in total. The van der Waals surface area contributed by atoms with Gasteiger partial charge in [-0.2, -0.15) is 14.9 Å². The van der Waals surface area contributed by atoms with Crippen LogP contribution in [-0.2, 0) is 4.79 Å². The number of nitrogens with zero attached hydrogens (tertiary/aromatic N) is 6. The monoisotopic (exact) mass is 284 g/mol. The van der Waals surface area contributed by atoms with Crippen molar-refractivity contribution in [2.45, 2.75) is 18.9 Å². The van der Waals surface area contributed by atoms with Crippen LogP contribution in [0.25, 0.3) is 5.65 Å². The van der Waals surface area contributed by atoms with Crippen LogP contribution in [0.2, 0.25) is 0 Å². The number of hydrogen-bond acceptors (Lipinski definition) is 5. The second-order valence-electron chi connectivity index (χ2n) is 5.11. The van der Waals surface area contributed by atoms with Crippen LogP contribution in [0.1, 0.15) is 12.8 Å². The van der Waals surface area contributed by atoms with Crippen molar-refractivity contribution >= 4 is 17.4 Å². The number of amides is 1. The molecule has 21 heavy (non-hydrogen) atoms. The van der Waals surface area contributed by atoms with Crippen LogP contribution in [0.5, 0.6) is 0 Å². The predicted octanol–water partition coefficient (Wildman–Crippen LogP) is 0.680. The quantitative estimate of drug-likeness (QED) is 0.775. The Morgan fingerprint density at radius 2 is 2.38 bits per heavy atom. The molecule has 1 saturated heterocycles. The molecule has 3 heterocycles. The fraction of sp³-hybridized carbons (Fsp3) is 0.429. The van der Waals surface area contributed by atoms with Crippen LogP contribution in [0.4, 0.5) is 5.82 Å². The summed E-state index contributed by atoms with van der Waals surface area (Å²) < 4.78 is 1.75. The molecule has 0 saturated carbocycles. The number of likely N-dealkylation sites (N-methyl/N-ethyl adjacent to an activating group) is 1. The molecule has 1 aliphatic rings. The number of hydrogen-bond donors (Lipinski definition) is 0. The van der Waals surface area contributed by atoms with E-state index in [2.05, 4.69) is 15.0 Å². The molecule has 1 fully saturated rings. The summed E-state index contributed by atoms with van der Waals surface area (Å²) >= 11 is 0. The molecule has 2 aromatic rings. The summed E-state index contributed by atoms with van der Waals surface area (Å²) in [7, 11) is 1.66. The van der Waals surface area contributed by atoms with E-state index in [4.69, 9.17) is 5.26 Å². The first-order chi connectivity index (χ1) is 10.2. The minimum absolute atomic E-state index is 0.0221. The van der Waals surface area contributed by atoms with Gasteiger partial charge in [-0.1, -0.05) is 0 Å². The standard InChI is InChI=1S/C14H16N6O/c1-18(10-6-15)14(21)11-3-2-9-19(11)13-5-7-16-12-4-8-17-20(12)13/h4-5,7-8,11H,2-3,9-10H2,1H3/t11-/m0/s1. The van der Waals surface area contributed by atoms with Gasteiger partial charge < -0.3 is 9.80 Å². The summed E-state index contributed by atoms with van der Waals surface area (Å²) in [4.78, 5) is 20.3. The summed E-state index contributed by atoms with van der Waals surface area (Å²) in [6.07, 6.45) is 5.16. The molecule has 0 spiro atoms. The lowest BCUT2D eigenvalue weighted by molar-refractivity contribution is -0.130. The summed E-state index contributed by atoms with van der Waals surface area (Å²) in [5, 5.41) is 13.0. The van der Waals surface area contributed by atoms with Gasteiger partial charge in [0.15, 0.2) is 5.65 Å². The van der Waals surface area contributed by atoms with Gasteiger partial charge in [-0.05, 0) is 18.9 Å². The maximum Gasteiger partial charge on any atom is 0.245 e. The van der Waals surface area contributed by atoms with Gasteiger partial charge in [-0.3, -0.25) is 4.79 Å². The van der Waals surface area contributed by atoms with Crippen molar-refractivity contribution in [3.05, 3.63) is 24.5 Å². The summed E-state index contributed by atoms with van der Waals surface area (Å²) in [5.74, 6) is 0.845. The first-order valence-corrected chi connectivity index (χ1v) is 6.89. The second kappa shape index (κ2) is 5.40. The van der Waals surface area contributed by atoms with Crippen LogP contribution in [0.15, 0.2) is 24.5 Å². The van der Waals surface area contributed by atoms with Gasteiger partial charge in [0.25, 0.3) is 0 Å². The first kappa shape index (κ1) is 13.4. The molecular weight excluding hydrogens is 268 g/mol. The highest BCUT2D eigenvalue weighted by atomic mass is 16.2. The van der Waals surface area contributed by atoms with Crippen molar-refractivity contribution in [2.24, 2.45) is 0 Å². The van der Waals surface area contributed by atoms with Crippen LogP contribution in [0, 0.1) is 11.3 Å². The molecule has 1 atom stereocenters. The molecule has 0 bridgehead atoms. The van der Waals surface area contributed by atoms with E-state index >= 15 is 0 Å². The first-order valence-electron chi connectivity index (χ1n) is 6.89. The third-order valence-electron chi connectivity index (χ3n) is 3.79. The Hall–Kier alpha value is -2.62. The largest absolute Gasteiger partial charge is 0.344 e. The average Bonchev–Trinajstić information content (AvgIpc) is 3.15. The number of rotatable bonds is 3. The zero-order valence-electron chi connectivity index (χ0n) is 11.8. The van der Waals surface area contributed by atoms with Gasteiger partial charge in [0.05, 0.1) is 12.3 Å². The maximum atomic E-state index is 12.5. The second-order valence-corrected chi connectivity index (χ2v) is 5.11. The van der Waals surface area contributed by atoms with Gasteiger partial charge >= 0.3 is 0 Å². The number of carbonyl (C=O) groups excluding carboxylic acids is 1. The maximum absolute atomic E-state index is 12.5. The van der Waals surface area contributed by atoms with Crippen LogP contribution >= 0.6 is 0 Å². The molecule has 7 heteroatoms. The molecule has 2 aromatic heterocycles. The highest BCUT2D eigenvalue weighted by Gasteiger charge is 2.34. The fourth-order valence-electron chi connectivity index (χ4n) is 2.78. The van der Waals surface area contributed by atoms with Gasteiger partial charge in [-0.25, -0.2) is 4.98 Å². The third-order valence-corrected chi connectivity index (χ3v) is 3.79. The van der Waals surface area contributed by atoms with Gasteiger partial charge in [-0.15, -0.1) is 0 Å². The zero-order valence-corrected chi connectivity index (χ0v) is 11.8. The lowest BCUT2D eigenvalue weighted by Gasteiger charge is -2.28. The third kappa shape index (κ3) is 2.29.